The van der Waals surface area contributed by atoms with Gasteiger partial charge in [-0.2, -0.15) is 0 Å². The van der Waals surface area contributed by atoms with Gasteiger partial charge in [-0.3, -0.25) is 0 Å². The maximum Gasteiger partial charge on any atom is 0.200 e. The number of aliphatic imine (C=N–C) groups is 1. The van der Waals surface area contributed by atoms with Gasteiger partial charge in [0.2, 0.25) is 6.29 Å². The SMILES string of the molecule is C1=NC(n2c3ccccc3c3cc(-n4c5ccccc5c5ccccc54)ccc32)NC(c2cccc(-c3ccc4c5ccccc5c5ccccc5c4c3)c2)=C1. The number of allylic oxidation sites excluding steroid dienone is 1. The second-order valence-electron chi connectivity index (χ2n) is 14.8. The molecule has 1 aliphatic heterocycles. The van der Waals surface area contributed by atoms with Crippen molar-refractivity contribution in [1.29, 1.82) is 0 Å². The first-order valence-corrected chi connectivity index (χ1v) is 19.2. The molecule has 2 aromatic heterocycles. The maximum atomic E-state index is 5.02. The number of hydrogen-bond donors (Lipinski definition) is 1. The molecular formula is C52H34N4. The van der Waals surface area contributed by atoms with E-state index in [0.717, 1.165) is 28.0 Å². The maximum absolute atomic E-state index is 5.02. The number of para-hydroxylation sites is 3. The molecule has 56 heavy (non-hydrogen) atoms. The molecule has 1 atom stereocenters. The van der Waals surface area contributed by atoms with Crippen LogP contribution in [0.25, 0.3) is 98.4 Å². The first kappa shape index (κ1) is 31.0. The number of nitrogens with zero attached hydrogens (tertiary/aromatic N) is 3. The van der Waals surface area contributed by atoms with E-state index in [0.29, 0.717) is 0 Å². The van der Waals surface area contributed by atoms with Crippen molar-refractivity contribution < 1.29 is 0 Å². The molecular weight excluding hydrogens is 681 g/mol. The molecule has 1 aliphatic rings. The quantitative estimate of drug-likeness (QED) is 0.181. The van der Waals surface area contributed by atoms with Crippen LogP contribution in [0.15, 0.2) is 193 Å². The van der Waals surface area contributed by atoms with E-state index in [9.17, 15) is 0 Å². The van der Waals surface area contributed by atoms with Crippen LogP contribution in [0.4, 0.5) is 0 Å². The molecule has 0 aliphatic carbocycles. The minimum absolute atomic E-state index is 0.319. The van der Waals surface area contributed by atoms with E-state index in [-0.39, 0.29) is 6.29 Å². The number of hydrogen-bond acceptors (Lipinski definition) is 2. The van der Waals surface area contributed by atoms with E-state index >= 15 is 0 Å². The fraction of sp³-hybridized carbons (Fsp3) is 0.0192. The summed E-state index contributed by atoms with van der Waals surface area (Å²) in [4.78, 5) is 5.02. The van der Waals surface area contributed by atoms with E-state index in [2.05, 4.69) is 203 Å². The second kappa shape index (κ2) is 12.0. The lowest BCUT2D eigenvalue weighted by Crippen LogP contribution is -2.26. The molecule has 0 spiro atoms. The Morgan fingerprint density at radius 1 is 0.375 bits per heavy atom. The molecule has 1 unspecified atom stereocenters. The third-order valence-corrected chi connectivity index (χ3v) is 11.8. The van der Waals surface area contributed by atoms with E-state index in [4.69, 9.17) is 4.99 Å². The normalized spacial score (nSPS) is 14.4. The van der Waals surface area contributed by atoms with E-state index in [1.54, 1.807) is 0 Å². The molecule has 1 N–H and O–H groups in total. The first-order valence-electron chi connectivity index (χ1n) is 19.2. The van der Waals surface area contributed by atoms with Gasteiger partial charge in [0, 0.05) is 39.1 Å². The van der Waals surface area contributed by atoms with Crippen molar-refractivity contribution in [2.45, 2.75) is 6.29 Å². The zero-order valence-electron chi connectivity index (χ0n) is 30.4. The van der Waals surface area contributed by atoms with Crippen LogP contribution in [0.3, 0.4) is 0 Å². The molecule has 262 valence electrons. The van der Waals surface area contributed by atoms with Gasteiger partial charge in [0.1, 0.15) is 0 Å². The summed E-state index contributed by atoms with van der Waals surface area (Å²) in [5.74, 6) is 0. The van der Waals surface area contributed by atoms with Crippen LogP contribution < -0.4 is 5.32 Å². The molecule has 12 rings (SSSR count). The summed E-state index contributed by atoms with van der Waals surface area (Å²) >= 11 is 0. The number of benzene rings is 9. The van der Waals surface area contributed by atoms with Gasteiger partial charge in [-0.15, -0.1) is 0 Å². The highest BCUT2D eigenvalue weighted by Crippen LogP contribution is 2.39. The Labute approximate surface area is 322 Å². The minimum atomic E-state index is -0.319. The standard InChI is InChI=1S/C52H34N4/c1-2-16-39-37(14-1)38-15-3-4-17-40(38)45-31-34(24-26-41(39)45)33-12-11-13-35(30-33)47-28-29-53-52(54-47)56-50-23-10-7-20-44(50)46-32-36(25-27-51(46)56)55-48-21-8-5-18-42(48)43-19-6-9-22-49(43)55/h1-32,52,54H. The Hall–Kier alpha value is -7.43. The first-order chi connectivity index (χ1) is 27.8. The molecule has 0 amide bonds. The summed E-state index contributed by atoms with van der Waals surface area (Å²) in [6.07, 6.45) is 3.72. The minimum Gasteiger partial charge on any atom is -0.346 e. The van der Waals surface area contributed by atoms with Crippen molar-refractivity contribution in [1.82, 2.24) is 14.5 Å². The van der Waals surface area contributed by atoms with Gasteiger partial charge in [-0.05, 0) is 104 Å². The average Bonchev–Trinajstić information content (AvgIpc) is 3.79. The summed E-state index contributed by atoms with van der Waals surface area (Å²) in [6.45, 7) is 0. The third kappa shape index (κ3) is 4.56. The Morgan fingerprint density at radius 2 is 0.893 bits per heavy atom. The fourth-order valence-corrected chi connectivity index (χ4v) is 9.28. The topological polar surface area (TPSA) is 34.2 Å². The predicted molar refractivity (Wildman–Crippen MR) is 237 cm³/mol. The smallest absolute Gasteiger partial charge is 0.200 e. The number of fused-ring (bicyclic) bond motifs is 12. The summed E-state index contributed by atoms with van der Waals surface area (Å²) in [7, 11) is 0. The third-order valence-electron chi connectivity index (χ3n) is 11.8. The highest BCUT2D eigenvalue weighted by molar-refractivity contribution is 6.25. The Morgan fingerprint density at radius 3 is 1.57 bits per heavy atom. The van der Waals surface area contributed by atoms with Gasteiger partial charge in [0.25, 0.3) is 0 Å². The lowest BCUT2D eigenvalue weighted by atomic mass is 9.91. The van der Waals surface area contributed by atoms with Crippen molar-refractivity contribution >= 4 is 87.8 Å². The molecule has 0 bridgehead atoms. The predicted octanol–water partition coefficient (Wildman–Crippen LogP) is 13.2. The summed E-state index contributed by atoms with van der Waals surface area (Å²) < 4.78 is 4.73. The van der Waals surface area contributed by atoms with Crippen molar-refractivity contribution in [2.75, 3.05) is 0 Å². The lowest BCUT2D eigenvalue weighted by Gasteiger charge is -2.24. The van der Waals surface area contributed by atoms with Crippen LogP contribution in [0, 0.1) is 0 Å². The van der Waals surface area contributed by atoms with Crippen molar-refractivity contribution in [3.05, 3.63) is 194 Å². The van der Waals surface area contributed by atoms with Gasteiger partial charge >= 0.3 is 0 Å². The van der Waals surface area contributed by atoms with Gasteiger partial charge < -0.3 is 14.5 Å². The molecule has 0 fully saturated rings. The molecule has 3 heterocycles. The second-order valence-corrected chi connectivity index (χ2v) is 14.8. The van der Waals surface area contributed by atoms with Crippen LogP contribution in [0.2, 0.25) is 0 Å². The van der Waals surface area contributed by atoms with Gasteiger partial charge in [-0.25, -0.2) is 4.99 Å². The van der Waals surface area contributed by atoms with Gasteiger partial charge in [0.15, 0.2) is 0 Å². The number of aromatic nitrogens is 2. The molecule has 4 heteroatoms. The van der Waals surface area contributed by atoms with Crippen molar-refractivity contribution in [3.8, 4) is 16.8 Å². The molecule has 9 aromatic carbocycles. The van der Waals surface area contributed by atoms with Crippen LogP contribution in [-0.2, 0) is 0 Å². The van der Waals surface area contributed by atoms with Crippen LogP contribution in [-0.4, -0.2) is 15.3 Å². The van der Waals surface area contributed by atoms with Gasteiger partial charge in [-0.1, -0.05) is 133 Å². The molecule has 0 saturated carbocycles. The molecule has 0 radical (unpaired) electrons. The summed E-state index contributed by atoms with van der Waals surface area (Å²) in [5, 5.41) is 16.5. The van der Waals surface area contributed by atoms with Gasteiger partial charge in [0.05, 0.1) is 22.1 Å². The van der Waals surface area contributed by atoms with E-state index in [1.807, 2.05) is 6.21 Å². The molecule has 0 saturated heterocycles. The van der Waals surface area contributed by atoms with Crippen LogP contribution >= 0.6 is 0 Å². The molecule has 4 nitrogen and oxygen atoms in total. The summed E-state index contributed by atoms with van der Waals surface area (Å²) in [6, 6.07) is 66.2. The average molecular weight is 715 g/mol. The zero-order valence-corrected chi connectivity index (χ0v) is 30.4. The Bertz CT molecular complexity index is 3380. The number of nitrogens with one attached hydrogen (secondary N) is 1. The largest absolute Gasteiger partial charge is 0.346 e. The highest BCUT2D eigenvalue weighted by atomic mass is 15.3. The van der Waals surface area contributed by atoms with Crippen LogP contribution in [0.1, 0.15) is 11.9 Å². The zero-order chi connectivity index (χ0) is 36.7. The fourth-order valence-electron chi connectivity index (χ4n) is 9.28. The van der Waals surface area contributed by atoms with Crippen molar-refractivity contribution in [3.63, 3.8) is 0 Å². The summed E-state index contributed by atoms with van der Waals surface area (Å²) in [5.41, 5.74) is 10.4. The Balaban J connectivity index is 0.935. The van der Waals surface area contributed by atoms with Crippen molar-refractivity contribution in [2.24, 2.45) is 4.99 Å². The monoisotopic (exact) mass is 714 g/mol. The number of rotatable bonds is 4. The van der Waals surface area contributed by atoms with E-state index in [1.165, 1.54) is 76.0 Å². The van der Waals surface area contributed by atoms with Crippen LogP contribution in [0.5, 0.6) is 0 Å². The molecule has 11 aromatic rings. The highest BCUT2D eigenvalue weighted by Gasteiger charge is 2.22. The van der Waals surface area contributed by atoms with E-state index < -0.39 is 0 Å². The lowest BCUT2D eigenvalue weighted by molar-refractivity contribution is 0.510. The Kier molecular flexibility index (Phi) is 6.66.